The van der Waals surface area contributed by atoms with Gasteiger partial charge in [0.1, 0.15) is 6.10 Å². The minimum absolute atomic E-state index is 0.0302. The van der Waals surface area contributed by atoms with E-state index in [-0.39, 0.29) is 11.8 Å². The summed E-state index contributed by atoms with van der Waals surface area (Å²) >= 11 is 0. The normalized spacial score (nSPS) is 21.3. The van der Waals surface area contributed by atoms with Gasteiger partial charge in [0.05, 0.1) is 4.92 Å². The number of hydrogen-bond donors (Lipinski definition) is 0. The maximum Gasteiger partial charge on any atom is 0.347 e. The van der Waals surface area contributed by atoms with Crippen LogP contribution in [0.1, 0.15) is 18.9 Å². The minimum atomic E-state index is -0.867. The van der Waals surface area contributed by atoms with Crippen LogP contribution in [0.25, 0.3) is 6.08 Å². The van der Waals surface area contributed by atoms with Crippen molar-refractivity contribution in [2.45, 2.75) is 25.6 Å². The van der Waals surface area contributed by atoms with Gasteiger partial charge in [0, 0.05) is 24.6 Å². The van der Waals surface area contributed by atoms with Crippen molar-refractivity contribution in [3.63, 3.8) is 0 Å². The van der Waals surface area contributed by atoms with Crippen LogP contribution >= 0.6 is 0 Å². The zero-order chi connectivity index (χ0) is 15.4. The predicted octanol–water partition coefficient (Wildman–Crippen LogP) is 1.86. The van der Waals surface area contributed by atoms with Gasteiger partial charge in [-0.2, -0.15) is 0 Å². The Morgan fingerprint density at radius 2 is 2.10 bits per heavy atom. The molecule has 1 heterocycles. The largest absolute Gasteiger partial charge is 0.460 e. The average molecular weight is 291 g/mol. The number of esters is 2. The molecule has 0 amide bonds. The molecular formula is C14H13NO6. The molecule has 1 fully saturated rings. The second-order valence-corrected chi connectivity index (χ2v) is 4.59. The molecule has 1 aliphatic rings. The molecule has 1 aliphatic heterocycles. The van der Waals surface area contributed by atoms with Gasteiger partial charge < -0.3 is 9.47 Å². The van der Waals surface area contributed by atoms with Crippen molar-refractivity contribution >= 4 is 23.7 Å². The molecule has 1 aromatic carbocycles. The van der Waals surface area contributed by atoms with Crippen molar-refractivity contribution in [3.8, 4) is 0 Å². The van der Waals surface area contributed by atoms with Gasteiger partial charge in [-0.1, -0.05) is 0 Å². The van der Waals surface area contributed by atoms with Crippen LogP contribution in [-0.2, 0) is 19.1 Å². The number of cyclic esters (lactones) is 1. The predicted molar refractivity (Wildman–Crippen MR) is 72.2 cm³/mol. The van der Waals surface area contributed by atoms with Gasteiger partial charge in [-0.3, -0.25) is 10.1 Å². The molecule has 7 nitrogen and oxygen atoms in total. The lowest BCUT2D eigenvalue weighted by molar-refractivity contribution is -0.384. The first-order valence-electron chi connectivity index (χ1n) is 6.29. The highest BCUT2D eigenvalue weighted by Crippen LogP contribution is 2.18. The quantitative estimate of drug-likeness (QED) is 0.363. The maximum absolute atomic E-state index is 11.6. The van der Waals surface area contributed by atoms with Crippen LogP contribution in [0.15, 0.2) is 30.3 Å². The zero-order valence-corrected chi connectivity index (χ0v) is 11.2. The molecule has 2 rings (SSSR count). The van der Waals surface area contributed by atoms with Gasteiger partial charge in [0.25, 0.3) is 5.69 Å². The summed E-state index contributed by atoms with van der Waals surface area (Å²) in [6, 6.07) is 5.68. The Labute approximate surface area is 120 Å². The highest BCUT2D eigenvalue weighted by Gasteiger charge is 2.34. The molecule has 110 valence electrons. The summed E-state index contributed by atoms with van der Waals surface area (Å²) in [7, 11) is 0. The summed E-state index contributed by atoms with van der Waals surface area (Å²) in [6.45, 7) is 1.72. The standard InChI is InChI=1S/C14H13NO6/c1-9-8-12(14(17)20-9)21-13(16)7-4-10-2-5-11(6-3-10)15(18)19/h2-7,9,12H,8H2,1H3/b7-4+/t9-,12-/m1/s1. The number of non-ortho nitro benzene ring substituents is 1. The van der Waals surface area contributed by atoms with Crippen molar-refractivity contribution in [2.24, 2.45) is 0 Å². The van der Waals surface area contributed by atoms with Gasteiger partial charge >= 0.3 is 11.9 Å². The van der Waals surface area contributed by atoms with Gasteiger partial charge in [-0.05, 0) is 30.7 Å². The molecule has 1 aromatic rings. The molecule has 7 heteroatoms. The second-order valence-electron chi connectivity index (χ2n) is 4.59. The van der Waals surface area contributed by atoms with Crippen LogP contribution in [0.3, 0.4) is 0 Å². The van der Waals surface area contributed by atoms with Crippen LogP contribution < -0.4 is 0 Å². The van der Waals surface area contributed by atoms with Gasteiger partial charge in [-0.15, -0.1) is 0 Å². The molecule has 0 bridgehead atoms. The second kappa shape index (κ2) is 6.17. The summed E-state index contributed by atoms with van der Waals surface area (Å²) in [4.78, 5) is 32.9. The number of carbonyl (C=O) groups excluding carboxylic acids is 2. The first-order chi connectivity index (χ1) is 9.95. The molecule has 0 radical (unpaired) electrons. The highest BCUT2D eigenvalue weighted by atomic mass is 16.6. The third-order valence-electron chi connectivity index (χ3n) is 2.90. The van der Waals surface area contributed by atoms with Gasteiger partial charge in [-0.25, -0.2) is 9.59 Å². The van der Waals surface area contributed by atoms with Crippen LogP contribution in [0.2, 0.25) is 0 Å². The Morgan fingerprint density at radius 3 is 2.62 bits per heavy atom. The van der Waals surface area contributed by atoms with Crippen LogP contribution in [0.5, 0.6) is 0 Å². The van der Waals surface area contributed by atoms with Gasteiger partial charge in [0.2, 0.25) is 6.10 Å². The van der Waals surface area contributed by atoms with E-state index in [4.69, 9.17) is 9.47 Å². The van der Waals surface area contributed by atoms with Crippen molar-refractivity contribution < 1.29 is 24.0 Å². The topological polar surface area (TPSA) is 95.7 Å². The fourth-order valence-electron chi connectivity index (χ4n) is 1.87. The summed E-state index contributed by atoms with van der Waals surface area (Å²) < 4.78 is 9.84. The van der Waals surface area contributed by atoms with E-state index in [9.17, 15) is 19.7 Å². The number of nitro benzene ring substituents is 1. The summed E-state index contributed by atoms with van der Waals surface area (Å²) in [5.74, 6) is -1.20. The Morgan fingerprint density at radius 1 is 1.43 bits per heavy atom. The van der Waals surface area contributed by atoms with E-state index in [0.29, 0.717) is 12.0 Å². The molecule has 0 aliphatic carbocycles. The molecule has 21 heavy (non-hydrogen) atoms. The average Bonchev–Trinajstić information content (AvgIpc) is 2.75. The molecule has 0 N–H and O–H groups in total. The van der Waals surface area contributed by atoms with E-state index in [1.165, 1.54) is 30.3 Å². The van der Waals surface area contributed by atoms with Crippen molar-refractivity contribution in [1.29, 1.82) is 0 Å². The molecule has 2 atom stereocenters. The third-order valence-corrected chi connectivity index (χ3v) is 2.90. The van der Waals surface area contributed by atoms with E-state index in [1.54, 1.807) is 6.92 Å². The first-order valence-corrected chi connectivity index (χ1v) is 6.29. The number of benzene rings is 1. The SMILES string of the molecule is C[C@@H]1C[C@@H](OC(=O)/C=C/c2ccc([N+](=O)[O-])cc2)C(=O)O1. The monoisotopic (exact) mass is 291 g/mol. The maximum atomic E-state index is 11.6. The van der Waals surface area contributed by atoms with Crippen molar-refractivity contribution in [2.75, 3.05) is 0 Å². The number of rotatable bonds is 4. The number of ether oxygens (including phenoxy) is 2. The van der Waals surface area contributed by atoms with Crippen LogP contribution in [0.4, 0.5) is 5.69 Å². The molecule has 0 saturated carbocycles. The number of nitro groups is 1. The van der Waals surface area contributed by atoms with E-state index < -0.39 is 23.0 Å². The number of carbonyl (C=O) groups is 2. The molecule has 1 saturated heterocycles. The Bertz CT molecular complexity index is 592. The van der Waals surface area contributed by atoms with Crippen LogP contribution in [0, 0.1) is 10.1 Å². The smallest absolute Gasteiger partial charge is 0.347 e. The zero-order valence-electron chi connectivity index (χ0n) is 11.2. The Balaban J connectivity index is 1.93. The lowest BCUT2D eigenvalue weighted by Gasteiger charge is -2.05. The first kappa shape index (κ1) is 14.7. The lowest BCUT2D eigenvalue weighted by atomic mass is 10.2. The highest BCUT2D eigenvalue weighted by molar-refractivity contribution is 5.89. The number of nitrogens with zero attached hydrogens (tertiary/aromatic N) is 1. The van der Waals surface area contributed by atoms with Crippen molar-refractivity contribution in [3.05, 3.63) is 46.0 Å². The van der Waals surface area contributed by atoms with E-state index in [2.05, 4.69) is 0 Å². The van der Waals surface area contributed by atoms with Crippen molar-refractivity contribution in [1.82, 2.24) is 0 Å². The minimum Gasteiger partial charge on any atom is -0.460 e. The fraction of sp³-hybridized carbons (Fsp3) is 0.286. The molecule has 0 spiro atoms. The lowest BCUT2D eigenvalue weighted by Crippen LogP contribution is -2.21. The molecule has 0 aromatic heterocycles. The van der Waals surface area contributed by atoms with Crippen LogP contribution in [-0.4, -0.2) is 29.1 Å². The van der Waals surface area contributed by atoms with E-state index in [0.717, 1.165) is 6.08 Å². The summed E-state index contributed by atoms with van der Waals surface area (Å²) in [5, 5.41) is 10.5. The summed E-state index contributed by atoms with van der Waals surface area (Å²) in [6.07, 6.45) is 1.84. The third kappa shape index (κ3) is 3.88. The molecule has 0 unspecified atom stereocenters. The Kier molecular flexibility index (Phi) is 4.32. The number of hydrogen-bond acceptors (Lipinski definition) is 6. The molecular weight excluding hydrogens is 278 g/mol. The Hall–Kier alpha value is -2.70. The van der Waals surface area contributed by atoms with E-state index >= 15 is 0 Å². The fourth-order valence-corrected chi connectivity index (χ4v) is 1.87. The van der Waals surface area contributed by atoms with E-state index in [1.807, 2.05) is 0 Å². The van der Waals surface area contributed by atoms with Gasteiger partial charge in [0.15, 0.2) is 0 Å². The summed E-state index contributed by atoms with van der Waals surface area (Å²) in [5.41, 5.74) is 0.581.